The van der Waals surface area contributed by atoms with Gasteiger partial charge in [0.25, 0.3) is 0 Å². The van der Waals surface area contributed by atoms with Crippen molar-refractivity contribution in [1.29, 1.82) is 0 Å². The number of nitrogens with one attached hydrogen (secondary N) is 1. The number of aromatic nitrogens is 5. The van der Waals surface area contributed by atoms with Crippen molar-refractivity contribution >= 4 is 28.5 Å². The lowest BCUT2D eigenvalue weighted by molar-refractivity contribution is 0.297. The third-order valence-electron chi connectivity index (χ3n) is 7.13. The van der Waals surface area contributed by atoms with E-state index in [0.717, 1.165) is 79.5 Å². The van der Waals surface area contributed by atoms with Gasteiger partial charge in [-0.05, 0) is 44.2 Å². The zero-order chi connectivity index (χ0) is 19.4. The molecule has 2 fully saturated rings. The summed E-state index contributed by atoms with van der Waals surface area (Å²) >= 11 is 0. The molecule has 1 saturated heterocycles. The first-order chi connectivity index (χ1) is 14.2. The first kappa shape index (κ1) is 17.1. The van der Waals surface area contributed by atoms with Crippen LogP contribution in [0, 0.1) is 5.41 Å². The molecule has 5 heterocycles. The number of anilines is 3. The minimum absolute atomic E-state index is 0.264. The Balaban J connectivity index is 1.32. The quantitative estimate of drug-likeness (QED) is 0.693. The van der Waals surface area contributed by atoms with Crippen molar-refractivity contribution in [1.82, 2.24) is 25.1 Å². The number of aromatic amines is 1. The van der Waals surface area contributed by atoms with Crippen LogP contribution < -0.4 is 15.5 Å². The topological polar surface area (TPSA) is 99.9 Å². The number of nitrogens with two attached hydrogens (primary N) is 1. The van der Waals surface area contributed by atoms with E-state index in [1.807, 2.05) is 18.5 Å². The molecule has 29 heavy (non-hydrogen) atoms. The number of fused-ring (bicyclic) bond motifs is 2. The Hall–Kier alpha value is -2.74. The molecule has 3 N–H and O–H groups in total. The molecule has 0 bridgehead atoms. The number of pyridine rings is 1. The third-order valence-corrected chi connectivity index (χ3v) is 7.13. The van der Waals surface area contributed by atoms with Crippen LogP contribution in [-0.2, 0) is 6.42 Å². The Morgan fingerprint density at radius 1 is 1.17 bits per heavy atom. The van der Waals surface area contributed by atoms with Gasteiger partial charge in [0.05, 0.1) is 17.6 Å². The molecule has 3 aliphatic rings. The maximum Gasteiger partial charge on any atom is 0.183 e. The van der Waals surface area contributed by atoms with Gasteiger partial charge in [0.1, 0.15) is 5.82 Å². The molecule has 0 radical (unpaired) electrons. The molecule has 0 unspecified atom stereocenters. The van der Waals surface area contributed by atoms with Crippen LogP contribution in [0.3, 0.4) is 0 Å². The van der Waals surface area contributed by atoms with Crippen molar-refractivity contribution in [2.45, 2.75) is 44.6 Å². The third kappa shape index (κ3) is 2.62. The molecule has 8 nitrogen and oxygen atoms in total. The van der Waals surface area contributed by atoms with Crippen LogP contribution in [0.15, 0.2) is 24.5 Å². The second-order valence-corrected chi connectivity index (χ2v) is 8.73. The molecule has 150 valence electrons. The standard InChI is InChI=1S/C21H26N8/c22-16-6-1-7-21(16)8-11-28(13-21)17-12-24-18-19(25-17)26-27-20(18)29-10-3-4-14-15(29)5-2-9-23-14/h2,5,9,12,16H,1,3-4,6-8,10-11,13,22H2,(H,25,26,27)/t16-,21-/m0/s1. The Kier molecular flexibility index (Phi) is 3.77. The first-order valence-electron chi connectivity index (χ1n) is 10.7. The lowest BCUT2D eigenvalue weighted by atomic mass is 9.82. The molecular formula is C21H26N8. The van der Waals surface area contributed by atoms with Gasteiger partial charge in [-0.3, -0.25) is 10.1 Å². The summed E-state index contributed by atoms with van der Waals surface area (Å²) in [6, 6.07) is 4.40. The largest absolute Gasteiger partial charge is 0.355 e. The van der Waals surface area contributed by atoms with Gasteiger partial charge in [0, 0.05) is 37.3 Å². The monoisotopic (exact) mass is 390 g/mol. The van der Waals surface area contributed by atoms with Crippen LogP contribution in [0.25, 0.3) is 11.2 Å². The number of hydrogen-bond donors (Lipinski definition) is 2. The van der Waals surface area contributed by atoms with Crippen molar-refractivity contribution in [3.05, 3.63) is 30.2 Å². The summed E-state index contributed by atoms with van der Waals surface area (Å²) < 4.78 is 0. The van der Waals surface area contributed by atoms with Gasteiger partial charge in [0.15, 0.2) is 17.0 Å². The Labute approximate surface area is 169 Å². The van der Waals surface area contributed by atoms with Crippen molar-refractivity contribution in [3.8, 4) is 0 Å². The number of H-pyrrole nitrogens is 1. The highest BCUT2D eigenvalue weighted by Crippen LogP contribution is 2.45. The number of aryl methyl sites for hydroxylation is 1. The normalized spacial score (nSPS) is 26.6. The van der Waals surface area contributed by atoms with Gasteiger partial charge < -0.3 is 15.5 Å². The summed E-state index contributed by atoms with van der Waals surface area (Å²) in [6.45, 7) is 2.90. The number of hydrogen-bond acceptors (Lipinski definition) is 7. The highest BCUT2D eigenvalue weighted by atomic mass is 15.3. The molecule has 3 aromatic heterocycles. The van der Waals surface area contributed by atoms with Gasteiger partial charge in [-0.1, -0.05) is 6.42 Å². The van der Waals surface area contributed by atoms with E-state index < -0.39 is 0 Å². The molecule has 1 spiro atoms. The molecule has 1 saturated carbocycles. The first-order valence-corrected chi connectivity index (χ1v) is 10.7. The van der Waals surface area contributed by atoms with Crippen molar-refractivity contribution in [2.24, 2.45) is 11.1 Å². The van der Waals surface area contributed by atoms with Crippen molar-refractivity contribution in [3.63, 3.8) is 0 Å². The lowest BCUT2D eigenvalue weighted by Gasteiger charge is -2.29. The van der Waals surface area contributed by atoms with Gasteiger partial charge >= 0.3 is 0 Å². The molecular weight excluding hydrogens is 364 g/mol. The number of rotatable bonds is 2. The van der Waals surface area contributed by atoms with E-state index in [1.54, 1.807) is 0 Å². The van der Waals surface area contributed by atoms with Gasteiger partial charge in [0.2, 0.25) is 0 Å². The van der Waals surface area contributed by atoms with Gasteiger partial charge in [-0.2, -0.15) is 5.10 Å². The summed E-state index contributed by atoms with van der Waals surface area (Å²) in [4.78, 5) is 18.7. The average Bonchev–Trinajstić information content (AvgIpc) is 3.47. The van der Waals surface area contributed by atoms with Crippen LogP contribution >= 0.6 is 0 Å². The van der Waals surface area contributed by atoms with E-state index in [9.17, 15) is 0 Å². The predicted molar refractivity (Wildman–Crippen MR) is 112 cm³/mol. The Morgan fingerprint density at radius 2 is 2.14 bits per heavy atom. The fourth-order valence-electron chi connectivity index (χ4n) is 5.50. The Morgan fingerprint density at radius 3 is 3.03 bits per heavy atom. The van der Waals surface area contributed by atoms with E-state index in [-0.39, 0.29) is 5.41 Å². The van der Waals surface area contributed by atoms with Gasteiger partial charge in [-0.25, -0.2) is 9.97 Å². The highest BCUT2D eigenvalue weighted by Gasteiger charge is 2.46. The molecule has 0 amide bonds. The van der Waals surface area contributed by atoms with E-state index in [1.165, 1.54) is 12.8 Å². The molecule has 0 aromatic carbocycles. The fourth-order valence-corrected chi connectivity index (χ4v) is 5.50. The molecule has 6 rings (SSSR count). The van der Waals surface area contributed by atoms with Crippen LogP contribution in [-0.4, -0.2) is 50.8 Å². The van der Waals surface area contributed by atoms with Gasteiger partial charge in [-0.15, -0.1) is 0 Å². The van der Waals surface area contributed by atoms with Crippen molar-refractivity contribution < 1.29 is 0 Å². The van der Waals surface area contributed by atoms with E-state index in [4.69, 9.17) is 15.7 Å². The van der Waals surface area contributed by atoms with Crippen LogP contribution in [0.5, 0.6) is 0 Å². The Bertz CT molecular complexity index is 1060. The summed E-state index contributed by atoms with van der Waals surface area (Å²) in [5, 5.41) is 7.69. The molecule has 1 aliphatic carbocycles. The molecule has 2 atom stereocenters. The highest BCUT2D eigenvalue weighted by molar-refractivity contribution is 5.87. The smallest absolute Gasteiger partial charge is 0.183 e. The second-order valence-electron chi connectivity index (χ2n) is 8.73. The molecule has 3 aromatic rings. The van der Waals surface area contributed by atoms with E-state index >= 15 is 0 Å². The minimum Gasteiger partial charge on any atom is -0.355 e. The van der Waals surface area contributed by atoms with Crippen LogP contribution in [0.1, 0.15) is 37.8 Å². The van der Waals surface area contributed by atoms with E-state index in [0.29, 0.717) is 6.04 Å². The maximum absolute atomic E-state index is 6.44. The SMILES string of the molecule is N[C@H]1CCC[C@@]12CCN(c1cnc3c(N4CCCc5ncccc54)n[nH]c3n1)C2. The lowest BCUT2D eigenvalue weighted by Crippen LogP contribution is -2.39. The molecule has 8 heteroatoms. The summed E-state index contributed by atoms with van der Waals surface area (Å²) in [7, 11) is 0. The van der Waals surface area contributed by atoms with Crippen LogP contribution in [0.4, 0.5) is 17.3 Å². The zero-order valence-electron chi connectivity index (χ0n) is 16.5. The maximum atomic E-state index is 6.44. The number of nitrogens with zero attached hydrogens (tertiary/aromatic N) is 6. The van der Waals surface area contributed by atoms with E-state index in [2.05, 4.69) is 31.0 Å². The van der Waals surface area contributed by atoms with Crippen molar-refractivity contribution in [2.75, 3.05) is 29.4 Å². The van der Waals surface area contributed by atoms with Crippen LogP contribution in [0.2, 0.25) is 0 Å². The average molecular weight is 390 g/mol. The zero-order valence-corrected chi connectivity index (χ0v) is 16.5. The predicted octanol–water partition coefficient (Wildman–Crippen LogP) is 2.54. The summed E-state index contributed by atoms with van der Waals surface area (Å²) in [5.41, 5.74) is 10.5. The molecule has 2 aliphatic heterocycles. The summed E-state index contributed by atoms with van der Waals surface area (Å²) in [5.74, 6) is 1.76. The minimum atomic E-state index is 0.264. The fraction of sp³-hybridized carbons (Fsp3) is 0.524. The second kappa shape index (κ2) is 6.38. The summed E-state index contributed by atoms with van der Waals surface area (Å²) in [6.07, 6.45) is 10.6.